The van der Waals surface area contributed by atoms with Gasteiger partial charge in [0.15, 0.2) is 0 Å². The van der Waals surface area contributed by atoms with E-state index >= 15 is 0 Å². The molecule has 0 aliphatic heterocycles. The summed E-state index contributed by atoms with van der Waals surface area (Å²) in [5.74, 6) is 0. The van der Waals surface area contributed by atoms with E-state index in [0.29, 0.717) is 25.7 Å². The summed E-state index contributed by atoms with van der Waals surface area (Å²) in [7, 11) is 0. The zero-order valence-electron chi connectivity index (χ0n) is 20.8. The predicted octanol–water partition coefficient (Wildman–Crippen LogP) is 5.76. The standard InChI is InChI=1S/C28H30N4O4S2/c33-27(35-18-25-17-29-20-38-25)31-23(15-21-7-3-1-4-8-21)11-12-24(16-22-9-5-2-6-10-22)32-28(34)36-19-26-30-13-14-37-26/h1-10,13-14,17,20,23-24H,11-12,15-16,18-19H2,(H,31,33)(H,32,34)/t23-,24-/m1/s1. The lowest BCUT2D eigenvalue weighted by atomic mass is 9.96. The van der Waals surface area contributed by atoms with Crippen LogP contribution in [0, 0.1) is 0 Å². The van der Waals surface area contributed by atoms with Crippen molar-refractivity contribution in [2.45, 2.75) is 51.0 Å². The van der Waals surface area contributed by atoms with Gasteiger partial charge < -0.3 is 20.1 Å². The molecule has 0 spiro atoms. The fourth-order valence-electron chi connectivity index (χ4n) is 3.97. The normalized spacial score (nSPS) is 12.3. The number of nitrogens with zero attached hydrogens (tertiary/aromatic N) is 2. The molecule has 0 bridgehead atoms. The lowest BCUT2D eigenvalue weighted by Gasteiger charge is -2.23. The Labute approximate surface area is 230 Å². The summed E-state index contributed by atoms with van der Waals surface area (Å²) in [5.41, 5.74) is 3.92. The minimum Gasteiger partial charge on any atom is -0.444 e. The molecule has 4 rings (SSSR count). The maximum absolute atomic E-state index is 12.6. The van der Waals surface area contributed by atoms with Crippen LogP contribution < -0.4 is 10.6 Å². The predicted molar refractivity (Wildman–Crippen MR) is 148 cm³/mol. The summed E-state index contributed by atoms with van der Waals surface area (Å²) >= 11 is 2.88. The quantitative estimate of drug-likeness (QED) is 0.220. The number of alkyl carbamates (subject to hydrolysis) is 2. The van der Waals surface area contributed by atoms with Crippen molar-refractivity contribution in [3.05, 3.63) is 105 Å². The molecule has 0 aliphatic carbocycles. The number of rotatable bonds is 13. The van der Waals surface area contributed by atoms with E-state index < -0.39 is 12.2 Å². The minimum atomic E-state index is -0.488. The van der Waals surface area contributed by atoms with Crippen molar-refractivity contribution in [1.29, 1.82) is 0 Å². The molecule has 2 amide bonds. The van der Waals surface area contributed by atoms with Gasteiger partial charge in [0.25, 0.3) is 0 Å². The molecule has 2 heterocycles. The van der Waals surface area contributed by atoms with Gasteiger partial charge in [0.1, 0.15) is 18.2 Å². The Morgan fingerprint density at radius 2 is 1.37 bits per heavy atom. The average molecular weight is 551 g/mol. The van der Waals surface area contributed by atoms with Crippen LogP contribution in [0.5, 0.6) is 0 Å². The lowest BCUT2D eigenvalue weighted by Crippen LogP contribution is -2.41. The molecule has 2 atom stereocenters. The van der Waals surface area contributed by atoms with Crippen LogP contribution in [-0.2, 0) is 35.5 Å². The van der Waals surface area contributed by atoms with Crippen LogP contribution in [0.4, 0.5) is 9.59 Å². The Morgan fingerprint density at radius 3 is 1.87 bits per heavy atom. The minimum absolute atomic E-state index is 0.130. The monoisotopic (exact) mass is 550 g/mol. The van der Waals surface area contributed by atoms with Gasteiger partial charge in [-0.2, -0.15) is 0 Å². The van der Waals surface area contributed by atoms with Crippen molar-refractivity contribution in [2.75, 3.05) is 0 Å². The largest absolute Gasteiger partial charge is 0.444 e. The average Bonchev–Trinajstić information content (AvgIpc) is 3.65. The van der Waals surface area contributed by atoms with Crippen LogP contribution in [0.1, 0.15) is 33.9 Å². The first-order valence-electron chi connectivity index (χ1n) is 12.3. The van der Waals surface area contributed by atoms with Crippen LogP contribution >= 0.6 is 22.7 Å². The number of hydrogen-bond acceptors (Lipinski definition) is 8. The lowest BCUT2D eigenvalue weighted by molar-refractivity contribution is 0.131. The molecule has 4 aromatic rings. The summed E-state index contributed by atoms with van der Waals surface area (Å²) in [6.07, 6.45) is 4.95. The van der Waals surface area contributed by atoms with Gasteiger partial charge in [0.05, 0.1) is 10.4 Å². The molecule has 198 valence electrons. The first-order valence-corrected chi connectivity index (χ1v) is 14.1. The van der Waals surface area contributed by atoms with Gasteiger partial charge in [-0.1, -0.05) is 60.7 Å². The highest BCUT2D eigenvalue weighted by atomic mass is 32.1. The first-order chi connectivity index (χ1) is 18.6. The van der Waals surface area contributed by atoms with Crippen LogP contribution in [0.15, 0.2) is 83.9 Å². The fraction of sp³-hybridized carbons (Fsp3) is 0.286. The zero-order valence-corrected chi connectivity index (χ0v) is 22.5. The number of nitrogens with one attached hydrogen (secondary N) is 2. The Morgan fingerprint density at radius 1 is 0.789 bits per heavy atom. The third kappa shape index (κ3) is 9.60. The third-order valence-corrected chi connectivity index (χ3v) is 7.30. The van der Waals surface area contributed by atoms with Crippen LogP contribution in [-0.4, -0.2) is 34.2 Å². The molecular weight excluding hydrogens is 520 g/mol. The Balaban J connectivity index is 1.38. The summed E-state index contributed by atoms with van der Waals surface area (Å²) in [6, 6.07) is 19.6. The summed E-state index contributed by atoms with van der Waals surface area (Å²) in [4.78, 5) is 34.2. The van der Waals surface area contributed by atoms with Crippen LogP contribution in [0.2, 0.25) is 0 Å². The van der Waals surface area contributed by atoms with Gasteiger partial charge in [0, 0.05) is 29.9 Å². The van der Waals surface area contributed by atoms with Crippen molar-refractivity contribution in [1.82, 2.24) is 20.6 Å². The van der Waals surface area contributed by atoms with E-state index in [-0.39, 0.29) is 25.3 Å². The van der Waals surface area contributed by atoms with Gasteiger partial charge in [-0.25, -0.2) is 14.6 Å². The molecule has 2 aromatic heterocycles. The number of carbonyl (C=O) groups excluding carboxylic acids is 2. The molecule has 2 aromatic carbocycles. The number of amides is 2. The molecule has 8 nitrogen and oxygen atoms in total. The third-order valence-electron chi connectivity index (χ3n) is 5.80. The van der Waals surface area contributed by atoms with Crippen molar-refractivity contribution in [3.8, 4) is 0 Å². The smallest absolute Gasteiger partial charge is 0.407 e. The van der Waals surface area contributed by atoms with Gasteiger partial charge in [-0.05, 0) is 36.8 Å². The van der Waals surface area contributed by atoms with E-state index in [9.17, 15) is 9.59 Å². The van der Waals surface area contributed by atoms with Crippen molar-refractivity contribution >= 4 is 34.9 Å². The van der Waals surface area contributed by atoms with Gasteiger partial charge in [0.2, 0.25) is 0 Å². The van der Waals surface area contributed by atoms with E-state index in [2.05, 4.69) is 20.6 Å². The molecule has 0 aliphatic rings. The van der Waals surface area contributed by atoms with Crippen molar-refractivity contribution in [2.24, 2.45) is 0 Å². The maximum Gasteiger partial charge on any atom is 0.407 e. The second-order valence-electron chi connectivity index (χ2n) is 8.69. The van der Waals surface area contributed by atoms with Crippen molar-refractivity contribution < 1.29 is 19.1 Å². The summed E-state index contributed by atoms with van der Waals surface area (Å²) < 4.78 is 10.8. The summed E-state index contributed by atoms with van der Waals surface area (Å²) in [6.45, 7) is 0.309. The molecule has 0 saturated carbocycles. The molecule has 0 saturated heterocycles. The number of benzene rings is 2. The second-order valence-corrected chi connectivity index (χ2v) is 10.6. The number of hydrogen-bond donors (Lipinski definition) is 2. The molecular formula is C28H30N4O4S2. The Bertz CT molecular complexity index is 1120. The van der Waals surface area contributed by atoms with E-state index in [1.807, 2.05) is 66.0 Å². The molecule has 2 N–H and O–H groups in total. The highest BCUT2D eigenvalue weighted by molar-refractivity contribution is 7.09. The SMILES string of the molecule is O=C(N[C@H](CC[C@H](Cc1ccccc1)NC(=O)OCc1nccs1)Cc1ccccc1)OCc1cncs1. The Hall–Kier alpha value is -3.76. The van der Waals surface area contributed by atoms with E-state index in [1.54, 1.807) is 17.9 Å². The number of carbonyl (C=O) groups is 2. The second kappa shape index (κ2) is 14.8. The van der Waals surface area contributed by atoms with E-state index in [4.69, 9.17) is 9.47 Å². The van der Waals surface area contributed by atoms with E-state index in [1.165, 1.54) is 22.7 Å². The molecule has 0 radical (unpaired) electrons. The highest BCUT2D eigenvalue weighted by Gasteiger charge is 2.20. The van der Waals surface area contributed by atoms with Crippen LogP contribution in [0.25, 0.3) is 0 Å². The topological polar surface area (TPSA) is 102 Å². The van der Waals surface area contributed by atoms with Gasteiger partial charge >= 0.3 is 12.2 Å². The van der Waals surface area contributed by atoms with Gasteiger partial charge in [-0.15, -0.1) is 22.7 Å². The van der Waals surface area contributed by atoms with Crippen molar-refractivity contribution in [3.63, 3.8) is 0 Å². The van der Waals surface area contributed by atoms with Gasteiger partial charge in [-0.3, -0.25) is 4.98 Å². The fourth-order valence-corrected chi connectivity index (χ4v) is 5.00. The number of ether oxygens (including phenoxy) is 2. The molecule has 0 unspecified atom stereocenters. The first kappa shape index (κ1) is 27.3. The maximum atomic E-state index is 12.6. The Kier molecular flexibility index (Phi) is 10.7. The number of thiazole rings is 2. The summed E-state index contributed by atoms with van der Waals surface area (Å²) in [5, 5.41) is 8.61. The molecule has 10 heteroatoms. The zero-order chi connectivity index (χ0) is 26.4. The highest BCUT2D eigenvalue weighted by Crippen LogP contribution is 2.15. The molecule has 0 fully saturated rings. The number of aromatic nitrogens is 2. The molecule has 38 heavy (non-hydrogen) atoms. The van der Waals surface area contributed by atoms with E-state index in [0.717, 1.165) is 21.0 Å². The van der Waals surface area contributed by atoms with Crippen LogP contribution in [0.3, 0.4) is 0 Å².